The number of rotatable bonds is 8. The summed E-state index contributed by atoms with van der Waals surface area (Å²) in [5, 5.41) is 5.49. The lowest BCUT2D eigenvalue weighted by Gasteiger charge is -2.11. The third-order valence-corrected chi connectivity index (χ3v) is 5.33. The lowest BCUT2D eigenvalue weighted by molar-refractivity contribution is 0.288. The van der Waals surface area contributed by atoms with Crippen LogP contribution in [0.15, 0.2) is 45.0 Å². The summed E-state index contributed by atoms with van der Waals surface area (Å²) in [5.41, 5.74) is 0.700. The van der Waals surface area contributed by atoms with Crippen molar-refractivity contribution in [2.45, 2.75) is 18.1 Å². The first-order valence-electron chi connectivity index (χ1n) is 7.05. The van der Waals surface area contributed by atoms with Crippen LogP contribution in [0.25, 0.3) is 0 Å². The molecule has 0 bridgehead atoms. The SMILES string of the molecule is CCOc1ccc(/C=N/NS(=O)(=O)c2cccs2)cc1OCC. The molecule has 0 unspecified atom stereocenters. The average Bonchev–Trinajstić information content (AvgIpc) is 3.05. The van der Waals surface area contributed by atoms with E-state index in [2.05, 4.69) is 9.93 Å². The molecule has 0 aliphatic carbocycles. The number of nitrogens with one attached hydrogen (secondary N) is 1. The number of benzene rings is 1. The zero-order valence-corrected chi connectivity index (χ0v) is 14.5. The predicted molar refractivity (Wildman–Crippen MR) is 91.0 cm³/mol. The second-order valence-corrected chi connectivity index (χ2v) is 7.19. The van der Waals surface area contributed by atoms with Crippen LogP contribution in [-0.4, -0.2) is 27.8 Å². The Labute approximate surface area is 139 Å². The maximum atomic E-state index is 11.9. The summed E-state index contributed by atoms with van der Waals surface area (Å²) in [4.78, 5) is 2.18. The third kappa shape index (κ3) is 4.70. The Bertz CT molecular complexity index is 756. The summed E-state index contributed by atoms with van der Waals surface area (Å²) in [6.45, 7) is 4.82. The maximum absolute atomic E-state index is 11.9. The van der Waals surface area contributed by atoms with Crippen molar-refractivity contribution in [1.82, 2.24) is 4.83 Å². The van der Waals surface area contributed by atoms with Crippen LogP contribution in [0.2, 0.25) is 0 Å². The van der Waals surface area contributed by atoms with Crippen molar-refractivity contribution in [3.8, 4) is 11.5 Å². The van der Waals surface area contributed by atoms with Gasteiger partial charge in [0.1, 0.15) is 4.21 Å². The number of hydrogen-bond acceptors (Lipinski definition) is 6. The van der Waals surface area contributed by atoms with Crippen molar-refractivity contribution in [2.75, 3.05) is 13.2 Å². The van der Waals surface area contributed by atoms with Crippen LogP contribution in [-0.2, 0) is 10.0 Å². The first-order chi connectivity index (χ1) is 11.1. The summed E-state index contributed by atoms with van der Waals surface area (Å²) in [7, 11) is -3.61. The molecule has 0 spiro atoms. The summed E-state index contributed by atoms with van der Waals surface area (Å²) in [6, 6.07) is 8.48. The molecule has 1 aromatic carbocycles. The quantitative estimate of drug-likeness (QED) is 0.584. The van der Waals surface area contributed by atoms with Crippen molar-refractivity contribution in [1.29, 1.82) is 0 Å². The third-order valence-electron chi connectivity index (χ3n) is 2.71. The van der Waals surface area contributed by atoms with Crippen LogP contribution in [0.1, 0.15) is 19.4 Å². The van der Waals surface area contributed by atoms with Crippen LogP contribution in [0.5, 0.6) is 11.5 Å². The van der Waals surface area contributed by atoms with E-state index in [9.17, 15) is 8.42 Å². The molecule has 0 saturated heterocycles. The topological polar surface area (TPSA) is 77.0 Å². The fraction of sp³-hybridized carbons (Fsp3) is 0.267. The van der Waals surface area contributed by atoms with E-state index in [-0.39, 0.29) is 4.21 Å². The summed E-state index contributed by atoms with van der Waals surface area (Å²) < 4.78 is 35.1. The van der Waals surface area contributed by atoms with Crippen LogP contribution < -0.4 is 14.3 Å². The van der Waals surface area contributed by atoms with Crippen LogP contribution in [0.4, 0.5) is 0 Å². The molecule has 2 aromatic rings. The average molecular weight is 354 g/mol. The molecule has 8 heteroatoms. The summed E-state index contributed by atoms with van der Waals surface area (Å²) in [6.07, 6.45) is 1.42. The van der Waals surface area contributed by atoms with E-state index >= 15 is 0 Å². The van der Waals surface area contributed by atoms with Gasteiger partial charge in [0.05, 0.1) is 19.4 Å². The van der Waals surface area contributed by atoms with E-state index in [1.165, 1.54) is 12.3 Å². The highest BCUT2D eigenvalue weighted by Gasteiger charge is 2.13. The van der Waals surface area contributed by atoms with E-state index in [4.69, 9.17) is 9.47 Å². The fourth-order valence-electron chi connectivity index (χ4n) is 1.78. The Kier molecular flexibility index (Phi) is 6.00. The number of thiophene rings is 1. The van der Waals surface area contributed by atoms with Gasteiger partial charge in [-0.1, -0.05) is 6.07 Å². The van der Waals surface area contributed by atoms with Gasteiger partial charge in [-0.05, 0) is 49.1 Å². The Hall–Kier alpha value is -2.06. The van der Waals surface area contributed by atoms with E-state index < -0.39 is 10.0 Å². The molecule has 1 aromatic heterocycles. The van der Waals surface area contributed by atoms with Gasteiger partial charge in [0.15, 0.2) is 11.5 Å². The summed E-state index contributed by atoms with van der Waals surface area (Å²) >= 11 is 1.13. The van der Waals surface area contributed by atoms with Gasteiger partial charge < -0.3 is 9.47 Å². The van der Waals surface area contributed by atoms with Gasteiger partial charge in [0.25, 0.3) is 10.0 Å². The van der Waals surface area contributed by atoms with E-state index in [0.717, 1.165) is 11.3 Å². The van der Waals surface area contributed by atoms with Gasteiger partial charge >= 0.3 is 0 Å². The molecular formula is C15H18N2O4S2. The Morgan fingerprint density at radius 3 is 2.57 bits per heavy atom. The lowest BCUT2D eigenvalue weighted by atomic mass is 10.2. The molecule has 6 nitrogen and oxygen atoms in total. The molecule has 23 heavy (non-hydrogen) atoms. The Morgan fingerprint density at radius 1 is 1.17 bits per heavy atom. The van der Waals surface area contributed by atoms with Crippen molar-refractivity contribution >= 4 is 27.6 Å². The molecule has 0 amide bonds. The van der Waals surface area contributed by atoms with Gasteiger partial charge in [0.2, 0.25) is 0 Å². The van der Waals surface area contributed by atoms with Gasteiger partial charge in [0, 0.05) is 0 Å². The standard InChI is InChI=1S/C15H18N2O4S2/c1-3-20-13-8-7-12(10-14(13)21-4-2)11-16-17-23(18,19)15-6-5-9-22-15/h5-11,17H,3-4H2,1-2H3/b16-11+. The van der Waals surface area contributed by atoms with Gasteiger partial charge in [-0.3, -0.25) is 0 Å². The molecule has 2 rings (SSSR count). The minimum atomic E-state index is -3.61. The number of hydrazone groups is 1. The van der Waals surface area contributed by atoms with Crippen LogP contribution in [0.3, 0.4) is 0 Å². The zero-order valence-electron chi connectivity index (χ0n) is 12.9. The van der Waals surface area contributed by atoms with Crippen molar-refractivity contribution in [3.63, 3.8) is 0 Å². The smallest absolute Gasteiger partial charge is 0.286 e. The molecular weight excluding hydrogens is 336 g/mol. The Balaban J connectivity index is 2.12. The van der Waals surface area contributed by atoms with Crippen LogP contribution in [0, 0.1) is 0 Å². The highest BCUT2D eigenvalue weighted by molar-refractivity contribution is 7.91. The highest BCUT2D eigenvalue weighted by Crippen LogP contribution is 2.28. The zero-order chi connectivity index (χ0) is 16.7. The predicted octanol–water partition coefficient (Wildman–Crippen LogP) is 2.86. The monoisotopic (exact) mass is 354 g/mol. The second-order valence-electron chi connectivity index (χ2n) is 4.36. The molecule has 0 aliphatic heterocycles. The van der Waals surface area contributed by atoms with Gasteiger partial charge in [-0.25, -0.2) is 0 Å². The molecule has 0 radical (unpaired) electrons. The minimum Gasteiger partial charge on any atom is -0.490 e. The molecule has 1 N–H and O–H groups in total. The fourth-order valence-corrected chi connectivity index (χ4v) is 3.55. The molecule has 0 fully saturated rings. The molecule has 0 saturated carbocycles. The first kappa shape index (κ1) is 17.3. The molecule has 0 atom stereocenters. The van der Waals surface area contributed by atoms with Gasteiger partial charge in [-0.15, -0.1) is 11.3 Å². The van der Waals surface area contributed by atoms with E-state index in [0.29, 0.717) is 30.3 Å². The number of sulfonamides is 1. The number of hydrogen-bond donors (Lipinski definition) is 1. The van der Waals surface area contributed by atoms with E-state index in [1.54, 1.807) is 29.6 Å². The largest absolute Gasteiger partial charge is 0.490 e. The highest BCUT2D eigenvalue weighted by atomic mass is 32.2. The number of ether oxygens (including phenoxy) is 2. The van der Waals surface area contributed by atoms with Crippen molar-refractivity contribution < 1.29 is 17.9 Å². The van der Waals surface area contributed by atoms with Crippen LogP contribution >= 0.6 is 11.3 Å². The van der Waals surface area contributed by atoms with E-state index in [1.807, 2.05) is 13.8 Å². The Morgan fingerprint density at radius 2 is 1.91 bits per heavy atom. The second kappa shape index (κ2) is 7.98. The molecule has 124 valence electrons. The molecule has 0 aliphatic rings. The normalized spacial score (nSPS) is 11.6. The lowest BCUT2D eigenvalue weighted by Crippen LogP contribution is -2.17. The van der Waals surface area contributed by atoms with Crippen molar-refractivity contribution in [2.24, 2.45) is 5.10 Å². The first-order valence-corrected chi connectivity index (χ1v) is 9.41. The maximum Gasteiger partial charge on any atom is 0.286 e. The van der Waals surface area contributed by atoms with Gasteiger partial charge in [-0.2, -0.15) is 18.4 Å². The number of nitrogens with zero attached hydrogens (tertiary/aromatic N) is 1. The van der Waals surface area contributed by atoms with Crippen molar-refractivity contribution in [3.05, 3.63) is 41.3 Å². The molecule has 1 heterocycles. The minimum absolute atomic E-state index is 0.219. The summed E-state index contributed by atoms with van der Waals surface area (Å²) in [5.74, 6) is 1.24.